The third-order valence-electron chi connectivity index (χ3n) is 6.48. The van der Waals surface area contributed by atoms with Crippen molar-refractivity contribution in [3.8, 4) is 11.5 Å². The molecule has 0 saturated carbocycles. The molecule has 3 atom stereocenters. The van der Waals surface area contributed by atoms with Gasteiger partial charge in [-0.25, -0.2) is 4.79 Å². The van der Waals surface area contributed by atoms with Gasteiger partial charge in [-0.05, 0) is 81.2 Å². The summed E-state index contributed by atoms with van der Waals surface area (Å²) in [5, 5.41) is 11.3. The number of ether oxygens (including phenoxy) is 4. The van der Waals surface area contributed by atoms with Gasteiger partial charge in [0.05, 0.1) is 26.4 Å². The number of carbonyl (C=O) groups is 1. The zero-order valence-electron chi connectivity index (χ0n) is 23.8. The summed E-state index contributed by atoms with van der Waals surface area (Å²) in [5.41, 5.74) is 2.06. The zero-order valence-corrected chi connectivity index (χ0v) is 23.8. The van der Waals surface area contributed by atoms with Gasteiger partial charge in [-0.15, -0.1) is 0 Å². The fraction of sp³-hybridized carbons (Fsp3) is 0.679. The molecule has 1 N–H and O–H groups in total. The summed E-state index contributed by atoms with van der Waals surface area (Å²) in [6, 6.07) is 3.68. The number of rotatable bonds is 11. The van der Waals surface area contributed by atoms with E-state index in [1.807, 2.05) is 47.7 Å². The van der Waals surface area contributed by atoms with Gasteiger partial charge in [0.2, 0.25) is 0 Å². The largest absolute Gasteiger partial charge is 0.493 e. The second-order valence-electron chi connectivity index (χ2n) is 11.8. The number of hydrogen-bond acceptors (Lipinski definition) is 6. The maximum Gasteiger partial charge on any atom is 0.410 e. The molecule has 1 amide bonds. The Morgan fingerprint density at radius 3 is 2.36 bits per heavy atom. The van der Waals surface area contributed by atoms with Crippen LogP contribution in [0.15, 0.2) is 24.3 Å². The maximum atomic E-state index is 13.2. The Bertz CT molecular complexity index is 908. The number of hydrogen-bond donors (Lipinski definition) is 1. The summed E-state index contributed by atoms with van der Waals surface area (Å²) >= 11 is 0. The number of methoxy groups -OCH3 is 2. The van der Waals surface area contributed by atoms with E-state index < -0.39 is 17.8 Å². The Morgan fingerprint density at radius 1 is 1.19 bits per heavy atom. The molecular weight excluding hydrogens is 457 g/mol. The van der Waals surface area contributed by atoms with Crippen molar-refractivity contribution in [1.82, 2.24) is 4.90 Å². The second kappa shape index (κ2) is 12.4. The van der Waals surface area contributed by atoms with E-state index in [1.165, 1.54) is 0 Å². The summed E-state index contributed by atoms with van der Waals surface area (Å²) in [7, 11) is 5.23. The van der Waals surface area contributed by atoms with E-state index in [9.17, 15) is 9.90 Å². The lowest BCUT2D eigenvalue weighted by Gasteiger charge is -2.39. The highest BCUT2D eigenvalue weighted by Gasteiger charge is 2.36. The third kappa shape index (κ3) is 8.44. The number of nitrogens with zero attached hydrogens (tertiary/aromatic N) is 1. The number of benzene rings is 1. The highest BCUT2D eigenvalue weighted by Crippen LogP contribution is 2.41. The fourth-order valence-corrected chi connectivity index (χ4v) is 4.59. The standard InChI is InChI=1S/C28H46BNO6/c1-18(17-28(6,7)11-13-35-19(2)29)23(31)16-22-21-15-25(34-9)24(33-8)14-20(21)10-12-30(22)26(32)36-27(3,4)5/h14-15,19,22-23,31H,1,10-13,16-17,29H2,2-9H3/t19?,22-,23?/m1/s1. The Balaban J connectivity index is 2.30. The lowest BCUT2D eigenvalue weighted by molar-refractivity contribution is 0.00869. The second-order valence-corrected chi connectivity index (χ2v) is 11.8. The predicted molar refractivity (Wildman–Crippen MR) is 146 cm³/mol. The van der Waals surface area contributed by atoms with Crippen molar-refractivity contribution < 1.29 is 28.8 Å². The highest BCUT2D eigenvalue weighted by atomic mass is 16.6. The van der Waals surface area contributed by atoms with Gasteiger partial charge in [0.1, 0.15) is 13.4 Å². The van der Waals surface area contributed by atoms with Gasteiger partial charge in [-0.2, -0.15) is 0 Å². The van der Waals surface area contributed by atoms with Crippen LogP contribution in [0.25, 0.3) is 0 Å². The van der Waals surface area contributed by atoms with Crippen molar-refractivity contribution in [1.29, 1.82) is 0 Å². The Hall–Kier alpha value is -2.19. The molecule has 1 heterocycles. The minimum absolute atomic E-state index is 0.0706. The summed E-state index contributed by atoms with van der Waals surface area (Å²) in [4.78, 5) is 14.9. The van der Waals surface area contributed by atoms with Crippen molar-refractivity contribution in [2.45, 2.75) is 91.0 Å². The van der Waals surface area contributed by atoms with Gasteiger partial charge < -0.3 is 29.0 Å². The molecule has 36 heavy (non-hydrogen) atoms. The van der Waals surface area contributed by atoms with Crippen LogP contribution in [0, 0.1) is 5.41 Å². The maximum absolute atomic E-state index is 13.2. The molecule has 0 saturated heterocycles. The van der Waals surface area contributed by atoms with Crippen molar-refractivity contribution in [2.75, 3.05) is 27.4 Å². The monoisotopic (exact) mass is 503 g/mol. The van der Waals surface area contributed by atoms with Gasteiger partial charge in [0.15, 0.2) is 11.5 Å². The van der Waals surface area contributed by atoms with E-state index in [2.05, 4.69) is 20.4 Å². The summed E-state index contributed by atoms with van der Waals surface area (Å²) in [5.74, 6) is 1.24. The number of carbonyl (C=O) groups excluding carboxylic acids is 1. The van der Waals surface area contributed by atoms with Crippen molar-refractivity contribution in [2.24, 2.45) is 5.41 Å². The van der Waals surface area contributed by atoms with Crippen LogP contribution in [-0.4, -0.2) is 69.0 Å². The van der Waals surface area contributed by atoms with Crippen LogP contribution in [0.2, 0.25) is 0 Å². The molecule has 0 spiro atoms. The number of aliphatic hydroxyl groups is 1. The molecular formula is C28H46BNO6. The van der Waals surface area contributed by atoms with Gasteiger partial charge in [0, 0.05) is 25.6 Å². The first-order chi connectivity index (χ1) is 16.7. The summed E-state index contributed by atoms with van der Waals surface area (Å²) in [6.07, 6.45) is 1.32. The molecule has 0 radical (unpaired) electrons. The van der Waals surface area contributed by atoms with Gasteiger partial charge in [0.25, 0.3) is 0 Å². The van der Waals surface area contributed by atoms with E-state index in [4.69, 9.17) is 18.9 Å². The molecule has 1 aliphatic heterocycles. The molecule has 2 unspecified atom stereocenters. The van der Waals surface area contributed by atoms with E-state index in [0.717, 1.165) is 23.1 Å². The Labute approximate surface area is 218 Å². The van der Waals surface area contributed by atoms with Crippen LogP contribution in [0.1, 0.15) is 78.0 Å². The minimum Gasteiger partial charge on any atom is -0.493 e. The SMILES string of the molecule is BC(C)OCCC(C)(C)CC(=C)C(O)C[C@@H]1c2cc(OC)c(OC)cc2CCN1C(=O)OC(C)(C)C. The molecule has 0 aromatic heterocycles. The van der Waals surface area contributed by atoms with Crippen LogP contribution < -0.4 is 9.47 Å². The van der Waals surface area contributed by atoms with Gasteiger partial charge >= 0.3 is 6.09 Å². The average Bonchev–Trinajstić information content (AvgIpc) is 2.76. The average molecular weight is 503 g/mol. The summed E-state index contributed by atoms with van der Waals surface area (Å²) in [6.45, 7) is 17.3. The van der Waals surface area contributed by atoms with E-state index in [-0.39, 0.29) is 17.5 Å². The zero-order chi connectivity index (χ0) is 27.3. The van der Waals surface area contributed by atoms with Crippen molar-refractivity contribution >= 4 is 13.9 Å². The molecule has 7 nitrogen and oxygen atoms in total. The van der Waals surface area contributed by atoms with Crippen LogP contribution >= 0.6 is 0 Å². The number of aliphatic hydroxyl groups excluding tert-OH is 1. The Morgan fingerprint density at radius 2 is 1.81 bits per heavy atom. The lowest BCUT2D eigenvalue weighted by atomic mass is 9.80. The smallest absolute Gasteiger partial charge is 0.410 e. The van der Waals surface area contributed by atoms with Crippen LogP contribution in [0.3, 0.4) is 0 Å². The first kappa shape index (κ1) is 30.0. The topological polar surface area (TPSA) is 77.5 Å². The predicted octanol–water partition coefficient (Wildman–Crippen LogP) is 4.65. The molecule has 2 rings (SSSR count). The molecule has 8 heteroatoms. The van der Waals surface area contributed by atoms with Crippen molar-refractivity contribution in [3.05, 3.63) is 35.4 Å². The van der Waals surface area contributed by atoms with Crippen LogP contribution in [-0.2, 0) is 15.9 Å². The van der Waals surface area contributed by atoms with E-state index >= 15 is 0 Å². The van der Waals surface area contributed by atoms with Crippen molar-refractivity contribution in [3.63, 3.8) is 0 Å². The van der Waals surface area contributed by atoms with Crippen LogP contribution in [0.4, 0.5) is 4.79 Å². The molecule has 202 valence electrons. The Kier molecular flexibility index (Phi) is 10.3. The molecule has 1 aromatic carbocycles. The minimum atomic E-state index is -0.788. The third-order valence-corrected chi connectivity index (χ3v) is 6.48. The molecule has 0 aliphatic carbocycles. The van der Waals surface area contributed by atoms with Gasteiger partial charge in [-0.1, -0.05) is 20.4 Å². The van der Waals surface area contributed by atoms with E-state index in [0.29, 0.717) is 43.9 Å². The van der Waals surface area contributed by atoms with E-state index in [1.54, 1.807) is 19.1 Å². The first-order valence-electron chi connectivity index (χ1n) is 12.9. The lowest BCUT2D eigenvalue weighted by Crippen LogP contribution is -2.44. The van der Waals surface area contributed by atoms with Gasteiger partial charge in [-0.3, -0.25) is 0 Å². The normalized spacial score (nSPS) is 17.7. The van der Waals surface area contributed by atoms with Crippen LogP contribution in [0.5, 0.6) is 11.5 Å². The molecule has 1 aromatic rings. The quantitative estimate of drug-likeness (QED) is 0.350. The molecule has 0 fully saturated rings. The number of fused-ring (bicyclic) bond motifs is 1. The fourth-order valence-electron chi connectivity index (χ4n) is 4.59. The number of amides is 1. The highest BCUT2D eigenvalue weighted by molar-refractivity contribution is 6.10. The summed E-state index contributed by atoms with van der Waals surface area (Å²) < 4.78 is 22.5. The first-order valence-corrected chi connectivity index (χ1v) is 12.9. The molecule has 0 bridgehead atoms. The molecule has 1 aliphatic rings.